The summed E-state index contributed by atoms with van der Waals surface area (Å²) < 4.78 is 0. The highest BCUT2D eigenvalue weighted by Gasteiger charge is 2.06. The quantitative estimate of drug-likeness (QED) is 0.831. The van der Waals surface area contributed by atoms with Crippen molar-refractivity contribution in [1.29, 1.82) is 0 Å². The third-order valence-electron chi connectivity index (χ3n) is 3.40. The Bertz CT molecular complexity index is 676. The summed E-state index contributed by atoms with van der Waals surface area (Å²) in [5.41, 5.74) is 4.21. The van der Waals surface area contributed by atoms with Crippen LogP contribution in [0.4, 0.5) is 16.2 Å². The molecule has 108 valence electrons. The second-order valence-electron chi connectivity index (χ2n) is 4.96. The van der Waals surface area contributed by atoms with Gasteiger partial charge in [-0.15, -0.1) is 0 Å². The molecular weight excluding hydrogens is 264 g/mol. The van der Waals surface area contributed by atoms with Gasteiger partial charge in [0.15, 0.2) is 5.78 Å². The highest BCUT2D eigenvalue weighted by molar-refractivity contribution is 6.01. The first kappa shape index (κ1) is 14.8. The maximum absolute atomic E-state index is 12.0. The monoisotopic (exact) mass is 282 g/mol. The summed E-state index contributed by atoms with van der Waals surface area (Å²) in [4.78, 5) is 23.2. The fraction of sp³-hybridized carbons (Fsp3) is 0.176. The van der Waals surface area contributed by atoms with Gasteiger partial charge in [0.1, 0.15) is 0 Å². The first-order valence-corrected chi connectivity index (χ1v) is 6.72. The third-order valence-corrected chi connectivity index (χ3v) is 3.40. The summed E-state index contributed by atoms with van der Waals surface area (Å²) in [6.07, 6.45) is 0. The molecule has 2 aromatic rings. The smallest absolute Gasteiger partial charge is 0.308 e. The minimum atomic E-state index is -0.306. The number of Topliss-reactive ketones (excluding diaryl/α,β-unsaturated/α-hetero) is 1. The van der Waals surface area contributed by atoms with Crippen molar-refractivity contribution in [2.24, 2.45) is 0 Å². The molecule has 0 radical (unpaired) electrons. The normalized spacial score (nSPS) is 10.0. The van der Waals surface area contributed by atoms with Crippen LogP contribution in [0.2, 0.25) is 0 Å². The van der Waals surface area contributed by atoms with Gasteiger partial charge >= 0.3 is 6.03 Å². The summed E-state index contributed by atoms with van der Waals surface area (Å²) in [5.74, 6) is 0.00128. The number of anilines is 2. The van der Waals surface area contributed by atoms with Crippen molar-refractivity contribution in [3.8, 4) is 0 Å². The van der Waals surface area contributed by atoms with Crippen LogP contribution in [0.15, 0.2) is 42.5 Å². The maximum atomic E-state index is 12.0. The molecule has 2 aromatic carbocycles. The fourth-order valence-electron chi connectivity index (χ4n) is 1.96. The number of benzene rings is 2. The zero-order valence-corrected chi connectivity index (χ0v) is 12.4. The van der Waals surface area contributed by atoms with Crippen molar-refractivity contribution in [2.45, 2.75) is 20.8 Å². The van der Waals surface area contributed by atoms with Crippen LogP contribution < -0.4 is 10.6 Å². The molecule has 0 saturated heterocycles. The second-order valence-corrected chi connectivity index (χ2v) is 4.96. The van der Waals surface area contributed by atoms with E-state index in [1.165, 1.54) is 6.92 Å². The Morgan fingerprint density at radius 2 is 1.57 bits per heavy atom. The van der Waals surface area contributed by atoms with E-state index in [1.807, 2.05) is 32.0 Å². The van der Waals surface area contributed by atoms with Crippen molar-refractivity contribution < 1.29 is 9.59 Å². The van der Waals surface area contributed by atoms with Gasteiger partial charge in [-0.25, -0.2) is 4.79 Å². The summed E-state index contributed by atoms with van der Waals surface area (Å²) in [5, 5.41) is 5.56. The van der Waals surface area contributed by atoms with E-state index in [4.69, 9.17) is 0 Å². The number of hydrogen-bond donors (Lipinski definition) is 2. The summed E-state index contributed by atoms with van der Waals surface area (Å²) in [6.45, 7) is 5.47. The third kappa shape index (κ3) is 3.69. The van der Waals surface area contributed by atoms with Crippen molar-refractivity contribution >= 4 is 23.2 Å². The number of carbonyl (C=O) groups is 2. The van der Waals surface area contributed by atoms with Gasteiger partial charge in [-0.1, -0.05) is 12.1 Å². The van der Waals surface area contributed by atoms with Gasteiger partial charge in [0.05, 0.1) is 0 Å². The molecule has 0 atom stereocenters. The Morgan fingerprint density at radius 3 is 2.19 bits per heavy atom. The van der Waals surface area contributed by atoms with Crippen LogP contribution in [-0.4, -0.2) is 11.8 Å². The number of amides is 2. The molecule has 0 saturated carbocycles. The standard InChI is InChI=1S/C17H18N2O2/c1-11-5-4-6-16(12(11)2)19-17(21)18-15-9-7-14(8-10-15)13(3)20/h4-10H,1-3H3,(H2,18,19,21). The van der Waals surface area contributed by atoms with Gasteiger partial charge < -0.3 is 10.6 Å². The minimum Gasteiger partial charge on any atom is -0.308 e. The van der Waals surface area contributed by atoms with Crippen molar-refractivity contribution in [3.05, 3.63) is 59.2 Å². The van der Waals surface area contributed by atoms with E-state index in [-0.39, 0.29) is 11.8 Å². The van der Waals surface area contributed by atoms with E-state index in [9.17, 15) is 9.59 Å². The molecule has 0 unspecified atom stereocenters. The van der Waals surface area contributed by atoms with E-state index >= 15 is 0 Å². The van der Waals surface area contributed by atoms with E-state index in [2.05, 4.69) is 10.6 Å². The number of hydrogen-bond acceptors (Lipinski definition) is 2. The summed E-state index contributed by atoms with van der Waals surface area (Å²) >= 11 is 0. The second kappa shape index (κ2) is 6.22. The first-order valence-electron chi connectivity index (χ1n) is 6.72. The summed E-state index contributed by atoms with van der Waals surface area (Å²) in [6, 6.07) is 12.3. The molecule has 4 nitrogen and oxygen atoms in total. The average Bonchev–Trinajstić information content (AvgIpc) is 2.44. The van der Waals surface area contributed by atoms with Gasteiger partial charge in [-0.05, 0) is 62.2 Å². The predicted molar refractivity (Wildman–Crippen MR) is 85.0 cm³/mol. The Hall–Kier alpha value is -2.62. The van der Waals surface area contributed by atoms with Gasteiger partial charge in [0.25, 0.3) is 0 Å². The van der Waals surface area contributed by atoms with E-state index in [0.29, 0.717) is 11.3 Å². The van der Waals surface area contributed by atoms with Crippen LogP contribution in [0.3, 0.4) is 0 Å². The number of urea groups is 1. The molecule has 2 amide bonds. The highest BCUT2D eigenvalue weighted by atomic mass is 16.2. The minimum absolute atomic E-state index is 0.00128. The number of nitrogens with one attached hydrogen (secondary N) is 2. The van der Waals surface area contributed by atoms with Gasteiger partial charge in [0, 0.05) is 16.9 Å². The fourth-order valence-corrected chi connectivity index (χ4v) is 1.96. The van der Waals surface area contributed by atoms with Gasteiger partial charge in [0.2, 0.25) is 0 Å². The zero-order chi connectivity index (χ0) is 15.4. The molecule has 21 heavy (non-hydrogen) atoms. The molecule has 0 aromatic heterocycles. The molecule has 2 N–H and O–H groups in total. The molecule has 0 spiro atoms. The Kier molecular flexibility index (Phi) is 4.38. The zero-order valence-electron chi connectivity index (χ0n) is 12.4. The van der Waals surface area contributed by atoms with Crippen molar-refractivity contribution in [2.75, 3.05) is 10.6 Å². The molecule has 2 rings (SSSR count). The molecule has 0 aliphatic heterocycles. The number of aryl methyl sites for hydroxylation is 1. The lowest BCUT2D eigenvalue weighted by molar-refractivity contribution is 0.101. The number of rotatable bonds is 3. The lowest BCUT2D eigenvalue weighted by atomic mass is 10.1. The molecule has 0 bridgehead atoms. The Labute approximate surface area is 124 Å². The van der Waals surface area contributed by atoms with Crippen LogP contribution >= 0.6 is 0 Å². The predicted octanol–water partition coefficient (Wildman–Crippen LogP) is 4.15. The van der Waals surface area contributed by atoms with Crippen LogP contribution in [0.1, 0.15) is 28.4 Å². The number of carbonyl (C=O) groups excluding carboxylic acids is 2. The maximum Gasteiger partial charge on any atom is 0.323 e. The van der Waals surface area contributed by atoms with Crippen LogP contribution in [0.25, 0.3) is 0 Å². The average molecular weight is 282 g/mol. The van der Waals surface area contributed by atoms with E-state index in [1.54, 1.807) is 24.3 Å². The van der Waals surface area contributed by atoms with Crippen LogP contribution in [0, 0.1) is 13.8 Å². The van der Waals surface area contributed by atoms with Gasteiger partial charge in [-0.2, -0.15) is 0 Å². The van der Waals surface area contributed by atoms with Gasteiger partial charge in [-0.3, -0.25) is 4.79 Å². The van der Waals surface area contributed by atoms with Crippen LogP contribution in [-0.2, 0) is 0 Å². The topological polar surface area (TPSA) is 58.2 Å². The van der Waals surface area contributed by atoms with E-state index < -0.39 is 0 Å². The number of ketones is 1. The summed E-state index contributed by atoms with van der Waals surface area (Å²) in [7, 11) is 0. The van der Waals surface area contributed by atoms with Crippen molar-refractivity contribution in [1.82, 2.24) is 0 Å². The SMILES string of the molecule is CC(=O)c1ccc(NC(=O)Nc2cccc(C)c2C)cc1. The molecule has 0 aliphatic carbocycles. The first-order chi connectivity index (χ1) is 9.97. The molecule has 0 fully saturated rings. The largest absolute Gasteiger partial charge is 0.323 e. The molecule has 4 heteroatoms. The Morgan fingerprint density at radius 1 is 0.905 bits per heavy atom. The lowest BCUT2D eigenvalue weighted by Gasteiger charge is -2.11. The molecule has 0 aliphatic rings. The van der Waals surface area contributed by atoms with Crippen molar-refractivity contribution in [3.63, 3.8) is 0 Å². The Balaban J connectivity index is 2.04. The molecule has 0 heterocycles. The van der Waals surface area contributed by atoms with E-state index in [0.717, 1.165) is 16.8 Å². The lowest BCUT2D eigenvalue weighted by Crippen LogP contribution is -2.20. The van der Waals surface area contributed by atoms with Crippen LogP contribution in [0.5, 0.6) is 0 Å². The molecular formula is C17H18N2O2. The highest BCUT2D eigenvalue weighted by Crippen LogP contribution is 2.18.